The number of unbranched alkanes of at least 4 members (excludes halogenated alkanes) is 8. The van der Waals surface area contributed by atoms with Gasteiger partial charge >= 0.3 is 5.97 Å². The van der Waals surface area contributed by atoms with Crippen molar-refractivity contribution >= 4 is 20.6 Å². The smallest absolute Gasteiger partial charge is 0.305 e. The molecule has 29 heavy (non-hydrogen) atoms. The topological polar surface area (TPSA) is 52.6 Å². The third kappa shape index (κ3) is 19.0. The van der Waals surface area contributed by atoms with Gasteiger partial charge in [-0.3, -0.25) is 4.79 Å². The van der Waals surface area contributed by atoms with Crippen molar-refractivity contribution in [2.24, 2.45) is 5.92 Å². The molecule has 0 aliphatic carbocycles. The van der Waals surface area contributed by atoms with Crippen molar-refractivity contribution in [2.45, 2.75) is 129 Å². The van der Waals surface area contributed by atoms with Gasteiger partial charge in [0.2, 0.25) is 0 Å². The van der Waals surface area contributed by atoms with Crippen LogP contribution in [0.25, 0.3) is 0 Å². The van der Waals surface area contributed by atoms with Crippen LogP contribution in [0.3, 0.4) is 0 Å². The Balaban J connectivity index is 4.04. The summed E-state index contributed by atoms with van der Waals surface area (Å²) in [6, 6.07) is 0. The highest BCUT2D eigenvalue weighted by Gasteiger charge is 2.23. The number of hydrogen-bond donors (Lipinski definition) is 0. The molecule has 0 aliphatic rings. The first-order valence-electron chi connectivity index (χ1n) is 12.1. The summed E-state index contributed by atoms with van der Waals surface area (Å²) in [5, 5.41) is 0. The summed E-state index contributed by atoms with van der Waals surface area (Å²) in [7, 11) is -1.59. The first-order valence-corrected chi connectivity index (χ1v) is 15.5. The first-order chi connectivity index (χ1) is 13.8. The van der Waals surface area contributed by atoms with E-state index in [1.807, 2.05) is 6.92 Å². The van der Waals surface area contributed by atoms with E-state index in [1.165, 1.54) is 38.5 Å². The van der Waals surface area contributed by atoms with Gasteiger partial charge in [-0.1, -0.05) is 64.7 Å². The summed E-state index contributed by atoms with van der Waals surface area (Å²) in [6.07, 6.45) is 16.5. The van der Waals surface area contributed by atoms with E-state index in [0.29, 0.717) is 13.0 Å². The lowest BCUT2D eigenvalue weighted by Crippen LogP contribution is -2.33. The van der Waals surface area contributed by atoms with E-state index in [4.69, 9.17) is 9.16 Å². The molecule has 0 N–H and O–H groups in total. The summed E-state index contributed by atoms with van der Waals surface area (Å²) < 4.78 is 11.3. The van der Waals surface area contributed by atoms with Gasteiger partial charge in [-0.15, -0.1) is 0 Å². The van der Waals surface area contributed by atoms with E-state index in [0.717, 1.165) is 51.2 Å². The van der Waals surface area contributed by atoms with Crippen LogP contribution in [0.15, 0.2) is 0 Å². The Morgan fingerprint density at radius 3 is 2.03 bits per heavy atom. The Morgan fingerprint density at radius 2 is 1.45 bits per heavy atom. The van der Waals surface area contributed by atoms with Crippen molar-refractivity contribution in [2.75, 3.05) is 6.61 Å². The quantitative estimate of drug-likeness (QED) is 0.0900. The number of carbonyl (C=O) groups is 2. The number of esters is 1. The standard InChI is InChI=1S/C24H48O4Si/c1-6-8-9-15-18-23(28-29(3,4)5)20-22(21-25)17-14-12-10-11-13-16-19-24(26)27-7-2/h21-23H,6-20H2,1-5H3. The zero-order chi connectivity index (χ0) is 22.0. The average Bonchev–Trinajstić information content (AvgIpc) is 2.65. The highest BCUT2D eigenvalue weighted by atomic mass is 28.4. The number of ether oxygens (including phenoxy) is 1. The number of hydrogen-bond acceptors (Lipinski definition) is 4. The summed E-state index contributed by atoms with van der Waals surface area (Å²) in [4.78, 5) is 22.9. The predicted molar refractivity (Wildman–Crippen MR) is 125 cm³/mol. The summed E-state index contributed by atoms with van der Waals surface area (Å²) in [5.41, 5.74) is 0. The lowest BCUT2D eigenvalue weighted by molar-refractivity contribution is -0.143. The minimum Gasteiger partial charge on any atom is -0.466 e. The molecule has 0 aromatic heterocycles. The fraction of sp³-hybridized carbons (Fsp3) is 0.917. The van der Waals surface area contributed by atoms with E-state index in [9.17, 15) is 9.59 Å². The molecule has 4 nitrogen and oxygen atoms in total. The molecule has 0 bridgehead atoms. The van der Waals surface area contributed by atoms with Crippen LogP contribution < -0.4 is 0 Å². The maximum Gasteiger partial charge on any atom is 0.305 e. The summed E-state index contributed by atoms with van der Waals surface area (Å²) >= 11 is 0. The maximum absolute atomic E-state index is 11.6. The van der Waals surface area contributed by atoms with Crippen LogP contribution >= 0.6 is 0 Å². The SMILES string of the molecule is CCCCCCC(CC(C=O)CCCCCCCCC(=O)OCC)O[Si](C)(C)C. The molecule has 0 saturated carbocycles. The molecule has 0 aliphatic heterocycles. The molecule has 0 aromatic carbocycles. The molecular weight excluding hydrogens is 380 g/mol. The van der Waals surface area contributed by atoms with Gasteiger partial charge in [0, 0.05) is 18.4 Å². The van der Waals surface area contributed by atoms with Crippen molar-refractivity contribution in [3.63, 3.8) is 0 Å². The molecule has 0 spiro atoms. The van der Waals surface area contributed by atoms with E-state index < -0.39 is 8.32 Å². The predicted octanol–water partition coefficient (Wildman–Crippen LogP) is 7.07. The second-order valence-corrected chi connectivity index (χ2v) is 13.8. The Hall–Kier alpha value is -0.683. The zero-order valence-corrected chi connectivity index (χ0v) is 21.0. The normalized spacial score (nSPS) is 13.8. The minimum atomic E-state index is -1.59. The third-order valence-corrected chi connectivity index (χ3v) is 6.21. The highest BCUT2D eigenvalue weighted by molar-refractivity contribution is 6.69. The second kappa shape index (κ2) is 18.1. The molecule has 0 aromatic rings. The Labute approximate surface area is 181 Å². The first kappa shape index (κ1) is 28.3. The van der Waals surface area contributed by atoms with Crippen LogP contribution in [0.2, 0.25) is 19.6 Å². The van der Waals surface area contributed by atoms with E-state index in [1.54, 1.807) is 0 Å². The molecule has 2 atom stereocenters. The molecule has 0 fully saturated rings. The lowest BCUT2D eigenvalue weighted by Gasteiger charge is -2.28. The largest absolute Gasteiger partial charge is 0.466 e. The van der Waals surface area contributed by atoms with Crippen molar-refractivity contribution in [1.29, 1.82) is 0 Å². The minimum absolute atomic E-state index is 0.0777. The number of rotatable bonds is 20. The number of aldehydes is 1. The molecule has 172 valence electrons. The van der Waals surface area contributed by atoms with Crippen LogP contribution in [-0.2, 0) is 18.8 Å². The highest BCUT2D eigenvalue weighted by Crippen LogP contribution is 2.23. The zero-order valence-electron chi connectivity index (χ0n) is 20.0. The molecule has 0 rings (SSSR count). The van der Waals surface area contributed by atoms with Gasteiger partial charge in [-0.2, -0.15) is 0 Å². The molecule has 0 saturated heterocycles. The number of carbonyl (C=O) groups excluding carboxylic acids is 2. The Kier molecular flexibility index (Phi) is 17.7. The summed E-state index contributed by atoms with van der Waals surface area (Å²) in [5.74, 6) is 0.0532. The van der Waals surface area contributed by atoms with Gasteiger partial charge in [0.15, 0.2) is 8.32 Å². The van der Waals surface area contributed by atoms with Gasteiger partial charge in [-0.25, -0.2) is 0 Å². The Bertz CT molecular complexity index is 406. The Morgan fingerprint density at radius 1 is 0.862 bits per heavy atom. The van der Waals surface area contributed by atoms with E-state index >= 15 is 0 Å². The van der Waals surface area contributed by atoms with Crippen molar-refractivity contribution in [3.8, 4) is 0 Å². The van der Waals surface area contributed by atoms with Crippen LogP contribution in [0.5, 0.6) is 0 Å². The van der Waals surface area contributed by atoms with E-state index in [-0.39, 0.29) is 18.0 Å². The van der Waals surface area contributed by atoms with Crippen LogP contribution in [0.4, 0.5) is 0 Å². The van der Waals surface area contributed by atoms with Crippen molar-refractivity contribution in [3.05, 3.63) is 0 Å². The molecule has 2 unspecified atom stereocenters. The molecule has 5 heteroatoms. The monoisotopic (exact) mass is 428 g/mol. The van der Waals surface area contributed by atoms with Crippen LogP contribution in [0, 0.1) is 5.92 Å². The van der Waals surface area contributed by atoms with E-state index in [2.05, 4.69) is 26.6 Å². The molecular formula is C24H48O4Si. The van der Waals surface area contributed by atoms with Gasteiger partial charge in [-0.05, 0) is 52.2 Å². The fourth-order valence-electron chi connectivity index (χ4n) is 3.72. The lowest BCUT2D eigenvalue weighted by atomic mass is 9.93. The van der Waals surface area contributed by atoms with Gasteiger partial charge in [0.05, 0.1) is 6.61 Å². The summed E-state index contributed by atoms with van der Waals surface area (Å²) in [6.45, 7) is 11.3. The second-order valence-electron chi connectivity index (χ2n) is 9.30. The fourth-order valence-corrected chi connectivity index (χ4v) is 4.93. The van der Waals surface area contributed by atoms with Crippen LogP contribution in [-0.4, -0.2) is 33.3 Å². The van der Waals surface area contributed by atoms with Gasteiger partial charge in [0.1, 0.15) is 6.29 Å². The van der Waals surface area contributed by atoms with Gasteiger partial charge in [0.25, 0.3) is 0 Å². The molecule has 0 radical (unpaired) electrons. The average molecular weight is 429 g/mol. The molecule has 0 amide bonds. The van der Waals surface area contributed by atoms with Crippen LogP contribution in [0.1, 0.15) is 104 Å². The van der Waals surface area contributed by atoms with Crippen molar-refractivity contribution in [1.82, 2.24) is 0 Å². The van der Waals surface area contributed by atoms with Crippen molar-refractivity contribution < 1.29 is 18.8 Å². The maximum atomic E-state index is 11.6. The third-order valence-electron chi connectivity index (χ3n) is 5.17. The molecule has 0 heterocycles. The van der Waals surface area contributed by atoms with Gasteiger partial charge < -0.3 is 14.0 Å².